The largest absolute Gasteiger partial charge is 0.484 e. The van der Waals surface area contributed by atoms with Crippen molar-refractivity contribution in [2.75, 3.05) is 11.9 Å². The fourth-order valence-electron chi connectivity index (χ4n) is 2.08. The summed E-state index contributed by atoms with van der Waals surface area (Å²) in [5.74, 6) is -1.43. The third kappa shape index (κ3) is 7.57. The Kier molecular flexibility index (Phi) is 8.39. The van der Waals surface area contributed by atoms with E-state index in [9.17, 15) is 24.5 Å². The molecule has 0 aliphatic heterocycles. The number of anilines is 1. The molecule has 0 saturated heterocycles. The summed E-state index contributed by atoms with van der Waals surface area (Å²) in [6.07, 6.45) is -0.319. The molecule has 2 aromatic rings. The van der Waals surface area contributed by atoms with Gasteiger partial charge in [0.15, 0.2) is 6.61 Å². The van der Waals surface area contributed by atoms with Gasteiger partial charge in [-0.15, -0.1) is 0 Å². The Morgan fingerprint density at radius 2 is 1.57 bits per heavy atom. The number of non-ortho nitro benzene ring substituents is 1. The molecule has 3 N–H and O–H groups in total. The number of ether oxygens (including phenoxy) is 1. The lowest BCUT2D eigenvalue weighted by Gasteiger charge is -2.09. The van der Waals surface area contributed by atoms with Crippen molar-refractivity contribution >= 4 is 52.3 Å². The van der Waals surface area contributed by atoms with E-state index in [1.807, 2.05) is 0 Å². The number of benzene rings is 2. The highest BCUT2D eigenvalue weighted by Crippen LogP contribution is 2.25. The number of nitrogens with zero attached hydrogens (tertiary/aromatic N) is 1. The maximum absolute atomic E-state index is 11.9. The van der Waals surface area contributed by atoms with E-state index in [1.54, 1.807) is 6.07 Å². The Balaban J connectivity index is 1.66. The molecule has 0 heterocycles. The molecule has 12 heteroatoms. The molecule has 0 fully saturated rings. The van der Waals surface area contributed by atoms with Crippen molar-refractivity contribution < 1.29 is 24.0 Å². The average Bonchev–Trinajstić information content (AvgIpc) is 2.71. The first-order chi connectivity index (χ1) is 14.2. The zero-order chi connectivity index (χ0) is 22.1. The molecular formula is C18H16Cl2N4O6. The fraction of sp³-hybridized carbons (Fsp3) is 0.167. The lowest BCUT2D eigenvalue weighted by Crippen LogP contribution is -2.44. The van der Waals surface area contributed by atoms with Crippen LogP contribution in [0.1, 0.15) is 12.8 Å². The summed E-state index contributed by atoms with van der Waals surface area (Å²) in [6, 6.07) is 9.72. The number of carbonyl (C=O) groups is 3. The summed E-state index contributed by atoms with van der Waals surface area (Å²) >= 11 is 11.7. The molecule has 0 unspecified atom stereocenters. The number of hydrogen-bond donors (Lipinski definition) is 3. The number of hydrogen-bond acceptors (Lipinski definition) is 6. The quantitative estimate of drug-likeness (QED) is 0.413. The van der Waals surface area contributed by atoms with Crippen LogP contribution in [0.5, 0.6) is 5.75 Å². The van der Waals surface area contributed by atoms with Gasteiger partial charge in [0.05, 0.1) is 15.6 Å². The van der Waals surface area contributed by atoms with Crippen LogP contribution in [0.4, 0.5) is 11.4 Å². The van der Waals surface area contributed by atoms with Gasteiger partial charge in [0.25, 0.3) is 11.6 Å². The third-order valence-electron chi connectivity index (χ3n) is 3.54. The zero-order valence-corrected chi connectivity index (χ0v) is 16.8. The van der Waals surface area contributed by atoms with E-state index < -0.39 is 29.3 Å². The number of nitro benzene ring substituents is 1. The molecule has 0 aliphatic carbocycles. The number of amides is 3. The summed E-state index contributed by atoms with van der Waals surface area (Å²) in [4.78, 5) is 45.3. The number of hydrazine groups is 1. The van der Waals surface area contributed by atoms with E-state index in [2.05, 4.69) is 16.2 Å². The van der Waals surface area contributed by atoms with Gasteiger partial charge in [-0.25, -0.2) is 0 Å². The monoisotopic (exact) mass is 454 g/mol. The van der Waals surface area contributed by atoms with Crippen LogP contribution in [-0.2, 0) is 14.4 Å². The highest BCUT2D eigenvalue weighted by Gasteiger charge is 2.11. The number of nitrogens with one attached hydrogen (secondary N) is 3. The van der Waals surface area contributed by atoms with E-state index in [0.717, 1.165) is 0 Å². The van der Waals surface area contributed by atoms with Crippen LogP contribution in [0, 0.1) is 10.1 Å². The van der Waals surface area contributed by atoms with Crippen molar-refractivity contribution in [3.05, 3.63) is 62.6 Å². The van der Waals surface area contributed by atoms with Crippen LogP contribution in [0.15, 0.2) is 42.5 Å². The van der Waals surface area contributed by atoms with Gasteiger partial charge < -0.3 is 10.1 Å². The second-order valence-electron chi connectivity index (χ2n) is 5.81. The normalized spacial score (nSPS) is 10.1. The van der Waals surface area contributed by atoms with Crippen LogP contribution >= 0.6 is 23.2 Å². The van der Waals surface area contributed by atoms with Gasteiger partial charge in [-0.05, 0) is 30.3 Å². The molecule has 30 heavy (non-hydrogen) atoms. The first-order valence-corrected chi connectivity index (χ1v) is 9.20. The zero-order valence-electron chi connectivity index (χ0n) is 15.3. The Bertz CT molecular complexity index is 952. The number of carbonyl (C=O) groups excluding carboxylic acids is 3. The van der Waals surface area contributed by atoms with Gasteiger partial charge in [0.2, 0.25) is 11.8 Å². The van der Waals surface area contributed by atoms with Crippen LogP contribution in [0.25, 0.3) is 0 Å². The molecule has 3 amide bonds. The number of nitro groups is 1. The first-order valence-electron chi connectivity index (χ1n) is 8.44. The fourth-order valence-corrected chi connectivity index (χ4v) is 2.54. The summed E-state index contributed by atoms with van der Waals surface area (Å²) in [6.45, 7) is -0.423. The predicted molar refractivity (Wildman–Crippen MR) is 109 cm³/mol. The average molecular weight is 455 g/mol. The Morgan fingerprint density at radius 3 is 2.20 bits per heavy atom. The molecule has 0 bridgehead atoms. The van der Waals surface area contributed by atoms with Gasteiger partial charge in [-0.3, -0.25) is 35.3 Å². The second-order valence-corrected chi connectivity index (χ2v) is 6.65. The van der Waals surface area contributed by atoms with Crippen LogP contribution in [0.3, 0.4) is 0 Å². The van der Waals surface area contributed by atoms with Gasteiger partial charge >= 0.3 is 0 Å². The Labute approximate surface area is 180 Å². The maximum Gasteiger partial charge on any atom is 0.276 e. The van der Waals surface area contributed by atoms with E-state index >= 15 is 0 Å². The van der Waals surface area contributed by atoms with E-state index in [0.29, 0.717) is 10.7 Å². The van der Waals surface area contributed by atoms with Crippen molar-refractivity contribution in [1.29, 1.82) is 0 Å². The molecule has 0 aromatic heterocycles. The van der Waals surface area contributed by atoms with Gasteiger partial charge in [0, 0.05) is 30.0 Å². The minimum absolute atomic E-state index is 0.110. The molecule has 0 atom stereocenters. The molecule has 158 valence electrons. The van der Waals surface area contributed by atoms with Crippen LogP contribution < -0.4 is 20.9 Å². The minimum atomic E-state index is -0.654. The van der Waals surface area contributed by atoms with Crippen molar-refractivity contribution in [2.45, 2.75) is 12.8 Å². The molecule has 0 aliphatic rings. The number of rotatable bonds is 8. The number of halogens is 2. The van der Waals surface area contributed by atoms with Crippen molar-refractivity contribution in [3.8, 4) is 5.75 Å². The lowest BCUT2D eigenvalue weighted by molar-refractivity contribution is -0.384. The Morgan fingerprint density at radius 1 is 0.933 bits per heavy atom. The first kappa shape index (κ1) is 22.9. The molecule has 2 rings (SSSR count). The van der Waals surface area contributed by atoms with Crippen molar-refractivity contribution in [1.82, 2.24) is 10.9 Å². The summed E-state index contributed by atoms with van der Waals surface area (Å²) in [5.41, 5.74) is 4.54. The summed E-state index contributed by atoms with van der Waals surface area (Å²) in [7, 11) is 0. The van der Waals surface area contributed by atoms with Gasteiger partial charge in [-0.2, -0.15) is 0 Å². The Hall–Kier alpha value is -3.37. The van der Waals surface area contributed by atoms with E-state index in [-0.39, 0.29) is 29.3 Å². The van der Waals surface area contributed by atoms with Crippen molar-refractivity contribution in [2.24, 2.45) is 0 Å². The molecule has 2 aromatic carbocycles. The standard InChI is InChI=1S/C18H16Cl2N4O6/c19-11-1-6-15(14(20)9-11)21-16(25)7-8-17(26)22-23-18(27)10-30-13-4-2-12(3-5-13)24(28)29/h1-6,9H,7-8,10H2,(H,21,25)(H,22,26)(H,23,27). The minimum Gasteiger partial charge on any atom is -0.484 e. The SMILES string of the molecule is O=C(CCC(=O)Nc1ccc(Cl)cc1Cl)NNC(=O)COc1ccc([N+](=O)[O-])cc1. The smallest absolute Gasteiger partial charge is 0.276 e. The van der Waals surface area contributed by atoms with Gasteiger partial charge in [0.1, 0.15) is 5.75 Å². The maximum atomic E-state index is 11.9. The highest BCUT2D eigenvalue weighted by atomic mass is 35.5. The lowest BCUT2D eigenvalue weighted by atomic mass is 10.2. The highest BCUT2D eigenvalue weighted by molar-refractivity contribution is 6.36. The topological polar surface area (TPSA) is 140 Å². The molecular weight excluding hydrogens is 439 g/mol. The van der Waals surface area contributed by atoms with E-state index in [4.69, 9.17) is 27.9 Å². The van der Waals surface area contributed by atoms with Crippen LogP contribution in [-0.4, -0.2) is 29.3 Å². The molecule has 0 spiro atoms. The molecule has 0 radical (unpaired) electrons. The van der Waals surface area contributed by atoms with Crippen molar-refractivity contribution in [3.63, 3.8) is 0 Å². The van der Waals surface area contributed by atoms with E-state index in [1.165, 1.54) is 36.4 Å². The summed E-state index contributed by atoms with van der Waals surface area (Å²) < 4.78 is 5.15. The predicted octanol–water partition coefficient (Wildman–Crippen LogP) is 2.85. The third-order valence-corrected chi connectivity index (χ3v) is 4.09. The molecule has 10 nitrogen and oxygen atoms in total. The molecule has 0 saturated carbocycles. The summed E-state index contributed by atoms with van der Waals surface area (Å²) in [5, 5.41) is 13.8. The second kappa shape index (κ2) is 11.0. The van der Waals surface area contributed by atoms with Gasteiger partial charge in [-0.1, -0.05) is 23.2 Å². The van der Waals surface area contributed by atoms with Crippen LogP contribution in [0.2, 0.25) is 10.0 Å².